The smallest absolute Gasteiger partial charge is 0.226 e. The summed E-state index contributed by atoms with van der Waals surface area (Å²) < 4.78 is 0. The highest BCUT2D eigenvalue weighted by Gasteiger charge is 2.46. The van der Waals surface area contributed by atoms with Gasteiger partial charge >= 0.3 is 0 Å². The maximum Gasteiger partial charge on any atom is 0.226 e. The summed E-state index contributed by atoms with van der Waals surface area (Å²) in [5, 5.41) is 0. The van der Waals surface area contributed by atoms with Gasteiger partial charge in [-0.05, 0) is 49.9 Å². The number of nitrogens with two attached hydrogens (primary N) is 1. The largest absolute Gasteiger partial charge is 0.342 e. The summed E-state index contributed by atoms with van der Waals surface area (Å²) in [6, 6.07) is 0.246. The van der Waals surface area contributed by atoms with E-state index in [9.17, 15) is 4.79 Å². The second-order valence-corrected chi connectivity index (χ2v) is 7.58. The second-order valence-electron chi connectivity index (χ2n) is 7.58. The lowest BCUT2D eigenvalue weighted by Crippen LogP contribution is -2.53. The zero-order valence-corrected chi connectivity index (χ0v) is 13.7. The average molecular weight is 280 g/mol. The van der Waals surface area contributed by atoms with Gasteiger partial charge in [-0.15, -0.1) is 0 Å². The summed E-state index contributed by atoms with van der Waals surface area (Å²) in [5.41, 5.74) is 6.23. The van der Waals surface area contributed by atoms with E-state index < -0.39 is 0 Å². The van der Waals surface area contributed by atoms with Gasteiger partial charge in [-0.1, -0.05) is 27.2 Å². The van der Waals surface area contributed by atoms with Crippen LogP contribution in [0, 0.1) is 23.2 Å². The highest BCUT2D eigenvalue weighted by molar-refractivity contribution is 5.79. The summed E-state index contributed by atoms with van der Waals surface area (Å²) in [6.45, 7) is 10.6. The third-order valence-electron chi connectivity index (χ3n) is 6.20. The first kappa shape index (κ1) is 15.8. The van der Waals surface area contributed by atoms with Crippen LogP contribution in [0.15, 0.2) is 0 Å². The molecule has 0 aromatic carbocycles. The van der Waals surface area contributed by atoms with Crippen LogP contribution in [0.1, 0.15) is 59.8 Å². The molecule has 2 fully saturated rings. The Morgan fingerprint density at radius 2 is 1.90 bits per heavy atom. The van der Waals surface area contributed by atoms with Gasteiger partial charge < -0.3 is 10.6 Å². The molecule has 116 valence electrons. The van der Waals surface area contributed by atoms with Crippen LogP contribution < -0.4 is 5.73 Å². The minimum absolute atomic E-state index is 0.0157. The molecule has 0 aliphatic heterocycles. The quantitative estimate of drug-likeness (QED) is 0.860. The third-order valence-corrected chi connectivity index (χ3v) is 6.20. The Labute approximate surface area is 124 Å². The van der Waals surface area contributed by atoms with Gasteiger partial charge in [0.25, 0.3) is 0 Å². The Balaban J connectivity index is 2.05. The standard InChI is InChI=1S/C17H32N2O/c1-5-19(11-13-7-6-8-13)16(20)14-9-10-15(18)12(2)17(14,3)4/h12-15H,5-11,18H2,1-4H3. The van der Waals surface area contributed by atoms with Crippen molar-refractivity contribution in [2.24, 2.45) is 28.9 Å². The maximum absolute atomic E-state index is 13.0. The summed E-state index contributed by atoms with van der Waals surface area (Å²) in [5.74, 6) is 1.69. The van der Waals surface area contributed by atoms with Crippen LogP contribution in [-0.2, 0) is 4.79 Å². The number of rotatable bonds is 4. The van der Waals surface area contributed by atoms with Crippen LogP contribution in [-0.4, -0.2) is 29.9 Å². The van der Waals surface area contributed by atoms with Crippen molar-refractivity contribution in [1.82, 2.24) is 4.90 Å². The number of hydrogen-bond donors (Lipinski definition) is 1. The maximum atomic E-state index is 13.0. The van der Waals surface area contributed by atoms with Crippen molar-refractivity contribution >= 4 is 5.91 Å². The Morgan fingerprint density at radius 3 is 2.40 bits per heavy atom. The van der Waals surface area contributed by atoms with Crippen molar-refractivity contribution in [3.8, 4) is 0 Å². The fourth-order valence-corrected chi connectivity index (χ4v) is 3.87. The van der Waals surface area contributed by atoms with Gasteiger partial charge in [0.2, 0.25) is 5.91 Å². The first-order chi connectivity index (χ1) is 9.37. The van der Waals surface area contributed by atoms with Gasteiger partial charge in [-0.3, -0.25) is 4.79 Å². The Morgan fingerprint density at radius 1 is 1.25 bits per heavy atom. The molecule has 0 aromatic heterocycles. The minimum atomic E-state index is 0.0157. The molecule has 2 saturated carbocycles. The van der Waals surface area contributed by atoms with E-state index in [-0.39, 0.29) is 17.4 Å². The normalized spacial score (nSPS) is 33.5. The zero-order valence-electron chi connectivity index (χ0n) is 13.7. The van der Waals surface area contributed by atoms with E-state index in [1.807, 2.05) is 0 Å². The summed E-state index contributed by atoms with van der Waals surface area (Å²) in [6.07, 6.45) is 5.90. The van der Waals surface area contributed by atoms with Crippen molar-refractivity contribution < 1.29 is 4.79 Å². The van der Waals surface area contributed by atoms with E-state index in [1.54, 1.807) is 0 Å². The topological polar surface area (TPSA) is 46.3 Å². The van der Waals surface area contributed by atoms with Crippen LogP contribution in [0.2, 0.25) is 0 Å². The number of hydrogen-bond acceptors (Lipinski definition) is 2. The molecule has 0 bridgehead atoms. The first-order valence-corrected chi connectivity index (χ1v) is 8.42. The van der Waals surface area contributed by atoms with Crippen molar-refractivity contribution in [1.29, 1.82) is 0 Å². The highest BCUT2D eigenvalue weighted by Crippen LogP contribution is 2.45. The van der Waals surface area contributed by atoms with Gasteiger partial charge in [0, 0.05) is 25.0 Å². The predicted molar refractivity (Wildman–Crippen MR) is 83.2 cm³/mol. The number of nitrogens with zero attached hydrogens (tertiary/aromatic N) is 1. The molecule has 3 unspecified atom stereocenters. The number of carbonyl (C=O) groups is 1. The minimum Gasteiger partial charge on any atom is -0.342 e. The first-order valence-electron chi connectivity index (χ1n) is 8.42. The van der Waals surface area contributed by atoms with Crippen molar-refractivity contribution in [3.63, 3.8) is 0 Å². The molecule has 20 heavy (non-hydrogen) atoms. The lowest BCUT2D eigenvalue weighted by atomic mass is 9.60. The summed E-state index contributed by atoms with van der Waals surface area (Å²) in [7, 11) is 0. The third kappa shape index (κ3) is 2.88. The molecule has 1 amide bonds. The predicted octanol–water partition coefficient (Wildman–Crippen LogP) is 3.03. The van der Waals surface area contributed by atoms with Gasteiger partial charge in [-0.2, -0.15) is 0 Å². The van der Waals surface area contributed by atoms with Crippen molar-refractivity contribution in [2.75, 3.05) is 13.1 Å². The Bertz CT molecular complexity index is 349. The van der Waals surface area contributed by atoms with E-state index >= 15 is 0 Å². The average Bonchev–Trinajstić information content (AvgIpc) is 2.34. The van der Waals surface area contributed by atoms with E-state index in [1.165, 1.54) is 19.3 Å². The molecule has 2 aliphatic carbocycles. The van der Waals surface area contributed by atoms with Crippen LogP contribution in [0.5, 0.6) is 0 Å². The van der Waals surface area contributed by atoms with Crippen LogP contribution in [0.25, 0.3) is 0 Å². The van der Waals surface area contributed by atoms with Crippen LogP contribution >= 0.6 is 0 Å². The molecular formula is C17H32N2O. The number of carbonyl (C=O) groups excluding carboxylic acids is 1. The molecule has 0 spiro atoms. The van der Waals surface area contributed by atoms with E-state index in [0.29, 0.717) is 11.8 Å². The van der Waals surface area contributed by atoms with Gasteiger partial charge in [-0.25, -0.2) is 0 Å². The molecule has 2 aliphatic rings. The highest BCUT2D eigenvalue weighted by atomic mass is 16.2. The molecule has 2 N–H and O–H groups in total. The SMILES string of the molecule is CCN(CC1CCC1)C(=O)C1CCC(N)C(C)C1(C)C. The fourth-order valence-electron chi connectivity index (χ4n) is 3.87. The molecule has 0 radical (unpaired) electrons. The van der Waals surface area contributed by atoms with E-state index in [2.05, 4.69) is 32.6 Å². The lowest BCUT2D eigenvalue weighted by Gasteiger charge is -2.47. The van der Waals surface area contributed by atoms with E-state index in [4.69, 9.17) is 5.73 Å². The Kier molecular flexibility index (Phi) is 4.78. The molecule has 3 nitrogen and oxygen atoms in total. The molecule has 3 heteroatoms. The summed E-state index contributed by atoms with van der Waals surface area (Å²) >= 11 is 0. The summed E-state index contributed by atoms with van der Waals surface area (Å²) in [4.78, 5) is 15.1. The fraction of sp³-hybridized carbons (Fsp3) is 0.941. The molecule has 3 atom stereocenters. The monoisotopic (exact) mass is 280 g/mol. The van der Waals surface area contributed by atoms with Crippen molar-refractivity contribution in [2.45, 2.75) is 65.8 Å². The zero-order chi connectivity index (χ0) is 14.9. The molecular weight excluding hydrogens is 248 g/mol. The molecule has 2 rings (SSSR count). The van der Waals surface area contributed by atoms with E-state index in [0.717, 1.165) is 31.8 Å². The second kappa shape index (κ2) is 6.05. The van der Waals surface area contributed by atoms with Gasteiger partial charge in [0.1, 0.15) is 0 Å². The lowest BCUT2D eigenvalue weighted by molar-refractivity contribution is -0.144. The van der Waals surface area contributed by atoms with Crippen LogP contribution in [0.3, 0.4) is 0 Å². The molecule has 0 saturated heterocycles. The Hall–Kier alpha value is -0.570. The van der Waals surface area contributed by atoms with Crippen LogP contribution in [0.4, 0.5) is 0 Å². The molecule has 0 aromatic rings. The van der Waals surface area contributed by atoms with Gasteiger partial charge in [0.05, 0.1) is 0 Å². The van der Waals surface area contributed by atoms with Crippen molar-refractivity contribution in [3.05, 3.63) is 0 Å². The van der Waals surface area contributed by atoms with Gasteiger partial charge in [0.15, 0.2) is 0 Å². The number of amides is 1. The molecule has 0 heterocycles.